The molecule has 0 atom stereocenters. The number of rotatable bonds is 8. The van der Waals surface area contributed by atoms with Gasteiger partial charge in [0.1, 0.15) is 5.82 Å². The molecule has 7 nitrogen and oxygen atoms in total. The van der Waals surface area contributed by atoms with Gasteiger partial charge in [-0.15, -0.1) is 0 Å². The lowest BCUT2D eigenvalue weighted by Gasteiger charge is -2.13. The molecule has 3 N–H and O–H groups in total. The first-order valence-electron chi connectivity index (χ1n) is 11.9. The molecule has 192 valence electrons. The van der Waals surface area contributed by atoms with Gasteiger partial charge in [-0.2, -0.15) is 0 Å². The predicted molar refractivity (Wildman–Crippen MR) is 142 cm³/mol. The van der Waals surface area contributed by atoms with Crippen LogP contribution in [0.1, 0.15) is 47.8 Å². The number of hydrogen-bond donors (Lipinski definition) is 2. The summed E-state index contributed by atoms with van der Waals surface area (Å²) < 4.78 is 18.8. The van der Waals surface area contributed by atoms with Crippen LogP contribution in [0.25, 0.3) is 11.1 Å². The zero-order valence-electron chi connectivity index (χ0n) is 21.0. The highest BCUT2D eigenvalue weighted by molar-refractivity contribution is 6.06. The number of pyridine rings is 1. The number of nitrogens with two attached hydrogens (primary N) is 1. The number of aryl methyl sites for hydroxylation is 1. The van der Waals surface area contributed by atoms with Crippen molar-refractivity contribution in [3.05, 3.63) is 118 Å². The number of aromatic nitrogens is 1. The highest BCUT2D eigenvalue weighted by atomic mass is 19.1. The van der Waals surface area contributed by atoms with Crippen molar-refractivity contribution in [1.29, 1.82) is 0 Å². The second kappa shape index (κ2) is 11.6. The molecule has 1 amide bonds. The summed E-state index contributed by atoms with van der Waals surface area (Å²) in [5.74, 6) is -1.66. The first-order chi connectivity index (χ1) is 18.3. The van der Waals surface area contributed by atoms with Gasteiger partial charge in [0.05, 0.1) is 18.9 Å². The number of nitrogens with zero attached hydrogens (tertiary/aromatic N) is 1. The van der Waals surface area contributed by atoms with Crippen molar-refractivity contribution < 1.29 is 23.5 Å². The molecule has 0 saturated heterocycles. The molecule has 4 rings (SSSR count). The van der Waals surface area contributed by atoms with Gasteiger partial charge in [0.15, 0.2) is 5.78 Å². The number of nitrogens with one attached hydrogen (secondary N) is 1. The summed E-state index contributed by atoms with van der Waals surface area (Å²) in [6.45, 7) is 2.00. The summed E-state index contributed by atoms with van der Waals surface area (Å²) in [5.41, 5.74) is 10.7. The van der Waals surface area contributed by atoms with E-state index in [1.807, 2.05) is 6.07 Å². The fourth-order valence-corrected chi connectivity index (χ4v) is 4.08. The van der Waals surface area contributed by atoms with Gasteiger partial charge in [-0.3, -0.25) is 14.6 Å². The van der Waals surface area contributed by atoms with Crippen molar-refractivity contribution >= 4 is 23.3 Å². The maximum Gasteiger partial charge on any atom is 0.338 e. The first kappa shape index (κ1) is 26.4. The summed E-state index contributed by atoms with van der Waals surface area (Å²) in [4.78, 5) is 41.7. The number of methoxy groups -OCH3 is 1. The van der Waals surface area contributed by atoms with Crippen molar-refractivity contribution in [3.8, 4) is 11.1 Å². The van der Waals surface area contributed by atoms with Crippen LogP contribution in [0.15, 0.2) is 79.1 Å². The SMILES string of the molecule is COC(=O)c1cc(NC(=O)c2cccc(-c3cc(C(=O)Cc4ccncc4F)ccc3CN)c2)ccc1C. The van der Waals surface area contributed by atoms with Crippen LogP contribution in [-0.2, 0) is 17.7 Å². The minimum Gasteiger partial charge on any atom is -0.465 e. The number of ketones is 1. The average molecular weight is 512 g/mol. The molecular formula is C30H26FN3O4. The van der Waals surface area contributed by atoms with Crippen LogP contribution in [-0.4, -0.2) is 29.8 Å². The first-order valence-corrected chi connectivity index (χ1v) is 11.9. The van der Waals surface area contributed by atoms with E-state index < -0.39 is 11.8 Å². The molecule has 1 aromatic heterocycles. The van der Waals surface area contributed by atoms with Crippen LogP contribution in [0, 0.1) is 12.7 Å². The zero-order chi connectivity index (χ0) is 27.2. The predicted octanol–water partition coefficient (Wildman–Crippen LogP) is 5.12. The maximum atomic E-state index is 14.0. The number of esters is 1. The molecule has 1 heterocycles. The third kappa shape index (κ3) is 5.82. The smallest absolute Gasteiger partial charge is 0.338 e. The van der Waals surface area contributed by atoms with E-state index in [-0.39, 0.29) is 30.2 Å². The Bertz CT molecular complexity index is 1530. The average Bonchev–Trinajstić information content (AvgIpc) is 2.94. The topological polar surface area (TPSA) is 111 Å². The molecule has 0 radical (unpaired) electrons. The molecule has 0 unspecified atom stereocenters. The molecule has 3 aromatic carbocycles. The summed E-state index contributed by atoms with van der Waals surface area (Å²) in [7, 11) is 1.30. The van der Waals surface area contributed by atoms with Gasteiger partial charge in [-0.05, 0) is 71.1 Å². The molecule has 0 fully saturated rings. The third-order valence-corrected chi connectivity index (χ3v) is 6.20. The molecule has 0 bridgehead atoms. The van der Waals surface area contributed by atoms with E-state index in [9.17, 15) is 18.8 Å². The van der Waals surface area contributed by atoms with Gasteiger partial charge in [0, 0.05) is 36.0 Å². The summed E-state index contributed by atoms with van der Waals surface area (Å²) in [6, 6.07) is 18.5. The van der Waals surface area contributed by atoms with E-state index in [4.69, 9.17) is 10.5 Å². The number of Topliss-reactive ketones (excluding diaryl/α,β-unsaturated/α-hetero) is 1. The molecule has 38 heavy (non-hydrogen) atoms. The largest absolute Gasteiger partial charge is 0.465 e. The number of ether oxygens (including phenoxy) is 1. The van der Waals surface area contributed by atoms with E-state index in [2.05, 4.69) is 10.3 Å². The van der Waals surface area contributed by atoms with Crippen LogP contribution in [0.3, 0.4) is 0 Å². The number of hydrogen-bond acceptors (Lipinski definition) is 6. The Morgan fingerprint density at radius 1 is 0.974 bits per heavy atom. The maximum absolute atomic E-state index is 14.0. The van der Waals surface area contributed by atoms with E-state index >= 15 is 0 Å². The lowest BCUT2D eigenvalue weighted by Crippen LogP contribution is -2.13. The van der Waals surface area contributed by atoms with Crippen LogP contribution in [0.4, 0.5) is 10.1 Å². The molecular weight excluding hydrogens is 485 g/mol. The fourth-order valence-electron chi connectivity index (χ4n) is 4.08. The molecule has 8 heteroatoms. The third-order valence-electron chi connectivity index (χ3n) is 6.20. The Morgan fingerprint density at radius 3 is 2.53 bits per heavy atom. The normalized spacial score (nSPS) is 10.6. The van der Waals surface area contributed by atoms with E-state index in [1.54, 1.807) is 61.5 Å². The van der Waals surface area contributed by atoms with Crippen molar-refractivity contribution in [2.75, 3.05) is 12.4 Å². The minimum absolute atomic E-state index is 0.109. The summed E-state index contributed by atoms with van der Waals surface area (Å²) in [5, 5.41) is 2.81. The molecule has 0 saturated carbocycles. The number of carbonyl (C=O) groups is 3. The van der Waals surface area contributed by atoms with Gasteiger partial charge in [-0.25, -0.2) is 9.18 Å². The van der Waals surface area contributed by atoms with E-state index in [1.165, 1.54) is 19.4 Å². The molecule has 0 aliphatic heterocycles. The number of anilines is 1. The Hall–Kier alpha value is -4.69. The highest BCUT2D eigenvalue weighted by Gasteiger charge is 2.16. The summed E-state index contributed by atoms with van der Waals surface area (Å²) >= 11 is 0. The standard InChI is InChI=1S/C30H26FN3O4/c1-18-6-9-24(15-25(18)30(37)38-2)34-29(36)22-5-3-4-19(12-22)26-13-21(7-8-23(26)16-32)28(35)14-20-10-11-33-17-27(20)31/h3-13,15,17H,14,16,32H2,1-2H3,(H,34,36). The number of halogens is 1. The van der Waals surface area contributed by atoms with Crippen LogP contribution < -0.4 is 11.1 Å². The van der Waals surface area contributed by atoms with E-state index in [0.717, 1.165) is 17.3 Å². The molecule has 4 aromatic rings. The lowest BCUT2D eigenvalue weighted by atomic mass is 9.93. The second-order valence-electron chi connectivity index (χ2n) is 8.70. The van der Waals surface area contributed by atoms with Crippen molar-refractivity contribution in [1.82, 2.24) is 4.98 Å². The summed E-state index contributed by atoms with van der Waals surface area (Å²) in [6.07, 6.45) is 2.41. The molecule has 0 spiro atoms. The van der Waals surface area contributed by atoms with Gasteiger partial charge < -0.3 is 15.8 Å². The van der Waals surface area contributed by atoms with Crippen LogP contribution >= 0.6 is 0 Å². The second-order valence-corrected chi connectivity index (χ2v) is 8.70. The highest BCUT2D eigenvalue weighted by Crippen LogP contribution is 2.27. The minimum atomic E-state index is -0.536. The lowest BCUT2D eigenvalue weighted by molar-refractivity contribution is 0.0599. The Morgan fingerprint density at radius 2 is 1.79 bits per heavy atom. The fraction of sp³-hybridized carbons (Fsp3) is 0.133. The number of carbonyl (C=O) groups excluding carboxylic acids is 3. The molecule has 0 aliphatic rings. The Kier molecular flexibility index (Phi) is 8.03. The molecule has 0 aliphatic carbocycles. The van der Waals surface area contributed by atoms with Gasteiger partial charge >= 0.3 is 5.97 Å². The van der Waals surface area contributed by atoms with E-state index in [0.29, 0.717) is 33.5 Å². The Balaban J connectivity index is 1.61. The number of amides is 1. The van der Waals surface area contributed by atoms with Crippen molar-refractivity contribution in [2.24, 2.45) is 5.73 Å². The monoisotopic (exact) mass is 511 g/mol. The van der Waals surface area contributed by atoms with Crippen molar-refractivity contribution in [3.63, 3.8) is 0 Å². The Labute approximate surface area is 219 Å². The van der Waals surface area contributed by atoms with Crippen LogP contribution in [0.5, 0.6) is 0 Å². The van der Waals surface area contributed by atoms with Gasteiger partial charge in [0.2, 0.25) is 0 Å². The zero-order valence-corrected chi connectivity index (χ0v) is 21.0. The quantitative estimate of drug-likeness (QED) is 0.251. The van der Waals surface area contributed by atoms with Gasteiger partial charge in [-0.1, -0.05) is 30.3 Å². The van der Waals surface area contributed by atoms with Crippen LogP contribution in [0.2, 0.25) is 0 Å². The van der Waals surface area contributed by atoms with Gasteiger partial charge in [0.25, 0.3) is 5.91 Å². The number of benzene rings is 3. The van der Waals surface area contributed by atoms with Crippen molar-refractivity contribution in [2.45, 2.75) is 19.9 Å².